The van der Waals surface area contributed by atoms with Crippen molar-refractivity contribution in [1.82, 2.24) is 19.9 Å². The van der Waals surface area contributed by atoms with Gasteiger partial charge < -0.3 is 10.2 Å². The lowest BCUT2D eigenvalue weighted by Crippen LogP contribution is -2.23. The Labute approximate surface area is 126 Å². The van der Waals surface area contributed by atoms with Crippen LogP contribution in [0.1, 0.15) is 23.4 Å². The zero-order valence-corrected chi connectivity index (χ0v) is 12.7. The summed E-state index contributed by atoms with van der Waals surface area (Å²) in [6.07, 6.45) is 2.33. The molecule has 1 aliphatic heterocycles. The number of nitrogens with zero attached hydrogens (tertiary/aromatic N) is 5. The molecule has 0 spiro atoms. The minimum atomic E-state index is 0.371. The van der Waals surface area contributed by atoms with Crippen LogP contribution >= 0.6 is 11.3 Å². The van der Waals surface area contributed by atoms with Gasteiger partial charge >= 0.3 is 0 Å². The number of nitrogens with two attached hydrogens (primary N) is 1. The molecule has 8 nitrogen and oxygen atoms in total. The number of rotatable bonds is 5. The zero-order chi connectivity index (χ0) is 14.7. The third-order valence-electron chi connectivity index (χ3n) is 3.39. The quantitative estimate of drug-likeness (QED) is 0.558. The summed E-state index contributed by atoms with van der Waals surface area (Å²) in [4.78, 5) is 20.6. The smallest absolute Gasteiger partial charge is 0.243 e. The summed E-state index contributed by atoms with van der Waals surface area (Å²) in [5.41, 5.74) is 5.36. The number of thiazole rings is 1. The first kappa shape index (κ1) is 14.0. The molecular formula is C12H18N8S. The number of aryl methyl sites for hydroxylation is 1. The van der Waals surface area contributed by atoms with Gasteiger partial charge in [-0.1, -0.05) is 0 Å². The molecule has 2 aromatic rings. The second-order valence-corrected chi connectivity index (χ2v) is 5.77. The highest BCUT2D eigenvalue weighted by Crippen LogP contribution is 2.19. The van der Waals surface area contributed by atoms with E-state index in [-0.39, 0.29) is 0 Å². The van der Waals surface area contributed by atoms with Gasteiger partial charge in [0, 0.05) is 18.0 Å². The van der Waals surface area contributed by atoms with E-state index >= 15 is 0 Å². The molecule has 0 aromatic carbocycles. The molecule has 9 heteroatoms. The number of aromatic nitrogens is 4. The van der Waals surface area contributed by atoms with Gasteiger partial charge in [0.15, 0.2) is 0 Å². The third-order valence-corrected chi connectivity index (χ3v) is 4.33. The molecular weight excluding hydrogens is 288 g/mol. The fraction of sp³-hybridized carbons (Fsp3) is 0.500. The van der Waals surface area contributed by atoms with E-state index in [1.54, 1.807) is 11.3 Å². The van der Waals surface area contributed by atoms with E-state index in [0.29, 0.717) is 24.4 Å². The largest absolute Gasteiger partial charge is 0.349 e. The standard InChI is InChI=1S/C12H18N8S/c1-8-9(21-7-15-8)6-14-10-16-11(19-13)18-12(17-10)20-4-2-3-5-20/h7H,2-6,13H2,1H3,(H2,14,16,17,18,19). The Balaban J connectivity index is 1.77. The first-order valence-corrected chi connectivity index (χ1v) is 7.74. The number of hydrogen-bond acceptors (Lipinski definition) is 9. The molecule has 0 bridgehead atoms. The van der Waals surface area contributed by atoms with Gasteiger partial charge in [-0.3, -0.25) is 5.43 Å². The Morgan fingerprint density at radius 1 is 1.24 bits per heavy atom. The topological polar surface area (TPSA) is 105 Å². The van der Waals surface area contributed by atoms with Crippen molar-refractivity contribution in [3.63, 3.8) is 0 Å². The molecule has 0 atom stereocenters. The summed E-state index contributed by atoms with van der Waals surface area (Å²) in [7, 11) is 0. The normalized spacial score (nSPS) is 14.5. The average molecular weight is 306 g/mol. The summed E-state index contributed by atoms with van der Waals surface area (Å²) in [5, 5.41) is 3.21. The second-order valence-electron chi connectivity index (χ2n) is 4.84. The van der Waals surface area contributed by atoms with E-state index in [4.69, 9.17) is 5.84 Å². The predicted molar refractivity (Wildman–Crippen MR) is 83.3 cm³/mol. The lowest BCUT2D eigenvalue weighted by molar-refractivity contribution is 0.876. The van der Waals surface area contributed by atoms with E-state index in [2.05, 4.69) is 35.6 Å². The van der Waals surface area contributed by atoms with E-state index in [1.165, 1.54) is 17.7 Å². The van der Waals surface area contributed by atoms with Crippen LogP contribution in [0, 0.1) is 6.92 Å². The minimum Gasteiger partial charge on any atom is -0.349 e. The van der Waals surface area contributed by atoms with Crippen molar-refractivity contribution in [2.75, 3.05) is 28.7 Å². The Hall–Kier alpha value is -2.00. The Morgan fingerprint density at radius 3 is 2.67 bits per heavy atom. The van der Waals surface area contributed by atoms with Crippen LogP contribution in [-0.2, 0) is 6.54 Å². The first-order chi connectivity index (χ1) is 10.3. The lowest BCUT2D eigenvalue weighted by atomic mass is 10.4. The van der Waals surface area contributed by atoms with Crippen molar-refractivity contribution >= 4 is 29.2 Å². The van der Waals surface area contributed by atoms with Gasteiger partial charge in [-0.25, -0.2) is 10.8 Å². The molecule has 3 rings (SSSR count). The van der Waals surface area contributed by atoms with E-state index < -0.39 is 0 Å². The van der Waals surface area contributed by atoms with Crippen LogP contribution in [0.5, 0.6) is 0 Å². The van der Waals surface area contributed by atoms with Crippen molar-refractivity contribution in [3.05, 3.63) is 16.1 Å². The maximum absolute atomic E-state index is 5.44. The van der Waals surface area contributed by atoms with Gasteiger partial charge in [0.2, 0.25) is 17.8 Å². The third kappa shape index (κ3) is 3.19. The van der Waals surface area contributed by atoms with Crippen LogP contribution in [0.15, 0.2) is 5.51 Å². The molecule has 0 amide bonds. The Morgan fingerprint density at radius 2 is 2.00 bits per heavy atom. The summed E-state index contributed by atoms with van der Waals surface area (Å²) >= 11 is 1.61. The average Bonchev–Trinajstić information content (AvgIpc) is 3.16. The Kier molecular flexibility index (Phi) is 4.11. The van der Waals surface area contributed by atoms with Crippen molar-refractivity contribution < 1.29 is 0 Å². The fourth-order valence-electron chi connectivity index (χ4n) is 2.22. The van der Waals surface area contributed by atoms with Crippen LogP contribution in [0.2, 0.25) is 0 Å². The molecule has 4 N–H and O–H groups in total. The van der Waals surface area contributed by atoms with E-state index in [0.717, 1.165) is 18.8 Å². The molecule has 0 unspecified atom stereocenters. The maximum Gasteiger partial charge on any atom is 0.243 e. The summed E-state index contributed by atoms with van der Waals surface area (Å²) in [5.74, 6) is 7.00. The Bertz CT molecular complexity index is 607. The molecule has 1 saturated heterocycles. The molecule has 0 aliphatic carbocycles. The summed E-state index contributed by atoms with van der Waals surface area (Å²) in [6, 6.07) is 0. The van der Waals surface area contributed by atoms with Crippen LogP contribution in [0.4, 0.5) is 17.8 Å². The molecule has 21 heavy (non-hydrogen) atoms. The number of hydrazine groups is 1. The number of nitrogen functional groups attached to an aromatic ring is 1. The predicted octanol–water partition coefficient (Wildman–Crippen LogP) is 1.13. The van der Waals surface area contributed by atoms with Crippen LogP contribution < -0.4 is 21.5 Å². The zero-order valence-electron chi connectivity index (χ0n) is 11.8. The van der Waals surface area contributed by atoms with Crippen molar-refractivity contribution in [3.8, 4) is 0 Å². The SMILES string of the molecule is Cc1ncsc1CNc1nc(NN)nc(N2CCCC2)n1. The monoisotopic (exact) mass is 306 g/mol. The molecule has 3 heterocycles. The molecule has 112 valence electrons. The molecule has 1 fully saturated rings. The van der Waals surface area contributed by atoms with Crippen LogP contribution in [-0.4, -0.2) is 33.0 Å². The number of nitrogens with one attached hydrogen (secondary N) is 2. The molecule has 1 aliphatic rings. The number of anilines is 3. The van der Waals surface area contributed by atoms with Gasteiger partial charge in [0.1, 0.15) is 0 Å². The summed E-state index contributed by atoms with van der Waals surface area (Å²) in [6.45, 7) is 4.58. The summed E-state index contributed by atoms with van der Waals surface area (Å²) < 4.78 is 0. The number of hydrogen-bond donors (Lipinski definition) is 3. The van der Waals surface area contributed by atoms with E-state index in [1.807, 2.05) is 12.4 Å². The maximum atomic E-state index is 5.44. The molecule has 0 saturated carbocycles. The van der Waals surface area contributed by atoms with Gasteiger partial charge in [0.25, 0.3) is 0 Å². The van der Waals surface area contributed by atoms with Gasteiger partial charge in [-0.05, 0) is 19.8 Å². The second kappa shape index (κ2) is 6.19. The van der Waals surface area contributed by atoms with Crippen LogP contribution in [0.3, 0.4) is 0 Å². The fourth-order valence-corrected chi connectivity index (χ4v) is 2.94. The molecule has 0 radical (unpaired) electrons. The highest BCUT2D eigenvalue weighted by Gasteiger charge is 2.17. The van der Waals surface area contributed by atoms with E-state index in [9.17, 15) is 0 Å². The van der Waals surface area contributed by atoms with Gasteiger partial charge in [-0.2, -0.15) is 15.0 Å². The van der Waals surface area contributed by atoms with Crippen molar-refractivity contribution in [1.29, 1.82) is 0 Å². The minimum absolute atomic E-state index is 0.371. The lowest BCUT2D eigenvalue weighted by Gasteiger charge is -2.16. The highest BCUT2D eigenvalue weighted by atomic mass is 32.1. The first-order valence-electron chi connectivity index (χ1n) is 6.87. The van der Waals surface area contributed by atoms with Crippen LogP contribution in [0.25, 0.3) is 0 Å². The highest BCUT2D eigenvalue weighted by molar-refractivity contribution is 7.09. The van der Waals surface area contributed by atoms with Crippen molar-refractivity contribution in [2.45, 2.75) is 26.3 Å². The van der Waals surface area contributed by atoms with Gasteiger partial charge in [-0.15, -0.1) is 11.3 Å². The van der Waals surface area contributed by atoms with Crippen molar-refractivity contribution in [2.24, 2.45) is 5.84 Å². The van der Waals surface area contributed by atoms with Gasteiger partial charge in [0.05, 0.1) is 17.7 Å². The molecule has 2 aromatic heterocycles.